The Balaban J connectivity index is 2.17. The minimum absolute atomic E-state index is 0.464. The van der Waals surface area contributed by atoms with Gasteiger partial charge in [-0.15, -0.1) is 0 Å². The van der Waals surface area contributed by atoms with Crippen LogP contribution < -0.4 is 4.90 Å². The van der Waals surface area contributed by atoms with E-state index in [1.807, 2.05) is 20.8 Å². The zero-order chi connectivity index (χ0) is 11.9. The molecule has 4 N–H and O–H groups in total. The summed E-state index contributed by atoms with van der Waals surface area (Å²) in [6.45, 7) is 8.32. The lowest BCUT2D eigenvalue weighted by atomic mass is 9.44. The van der Waals surface area contributed by atoms with E-state index in [2.05, 4.69) is 0 Å². The monoisotopic (exact) mass is 228 g/mol. The quantitative estimate of drug-likeness (QED) is 0.388. The molecule has 3 saturated heterocycles. The molecule has 4 rings (SSSR count). The van der Waals surface area contributed by atoms with Crippen molar-refractivity contribution in [2.75, 3.05) is 19.6 Å². The summed E-state index contributed by atoms with van der Waals surface area (Å²) in [4.78, 5) is 1.41. The molecule has 3 heterocycles. The summed E-state index contributed by atoms with van der Waals surface area (Å²) in [5.41, 5.74) is -1.39. The molecule has 0 atom stereocenters. The van der Waals surface area contributed by atoms with Gasteiger partial charge in [-0.25, -0.2) is 0 Å². The first-order valence-electron chi connectivity index (χ1n) is 6.13. The zero-order valence-electron chi connectivity index (χ0n) is 10.2. The minimum atomic E-state index is -0.609. The van der Waals surface area contributed by atoms with Crippen molar-refractivity contribution in [2.45, 2.75) is 39.1 Å². The summed E-state index contributed by atoms with van der Waals surface area (Å²) in [5.74, 6) is 0. The second kappa shape index (κ2) is 2.64. The third kappa shape index (κ3) is 0.883. The topological polar surface area (TPSA) is 65.1 Å². The van der Waals surface area contributed by atoms with Gasteiger partial charge in [0.15, 0.2) is 0 Å². The molecule has 92 valence electrons. The van der Waals surface area contributed by atoms with Crippen LogP contribution in [0, 0.1) is 16.2 Å². The molecule has 4 nitrogen and oxygen atoms in total. The van der Waals surface area contributed by atoms with Crippen LogP contribution in [-0.4, -0.2) is 53.3 Å². The molecule has 1 aliphatic carbocycles. The predicted molar refractivity (Wildman–Crippen MR) is 57.9 cm³/mol. The number of hydrogen-bond donors (Lipinski definition) is 4. The van der Waals surface area contributed by atoms with Crippen molar-refractivity contribution < 1.29 is 20.2 Å². The summed E-state index contributed by atoms with van der Waals surface area (Å²) in [6.07, 6.45) is -1.83. The Bertz CT molecular complexity index is 279. The van der Waals surface area contributed by atoms with E-state index in [-0.39, 0.29) is 0 Å². The van der Waals surface area contributed by atoms with Crippen LogP contribution in [0.4, 0.5) is 0 Å². The van der Waals surface area contributed by atoms with Gasteiger partial charge in [0.25, 0.3) is 0 Å². The number of rotatable bonds is 0. The molecular weight excluding hydrogens is 206 g/mol. The Morgan fingerprint density at radius 3 is 1.25 bits per heavy atom. The highest BCUT2D eigenvalue weighted by Crippen LogP contribution is 2.56. The molecule has 0 aromatic carbocycles. The molecule has 4 fully saturated rings. The maximum absolute atomic E-state index is 10.5. The lowest BCUT2D eigenvalue weighted by Crippen LogP contribution is -3.23. The van der Waals surface area contributed by atoms with E-state index in [0.717, 1.165) is 19.6 Å². The third-order valence-electron chi connectivity index (χ3n) is 5.64. The first kappa shape index (κ1) is 11.0. The van der Waals surface area contributed by atoms with Crippen LogP contribution in [0.25, 0.3) is 0 Å². The smallest absolute Gasteiger partial charge is 0.0876 e. The highest BCUT2D eigenvalue weighted by molar-refractivity contribution is 5.18. The SMILES string of the molecule is CC12C[NH+]3CC(C)(C1O)C(O)C(C)(C3)C2O. The van der Waals surface area contributed by atoms with Crippen LogP contribution in [0.5, 0.6) is 0 Å². The van der Waals surface area contributed by atoms with Crippen molar-refractivity contribution in [3.8, 4) is 0 Å². The predicted octanol–water partition coefficient (Wildman–Crippen LogP) is -1.99. The molecule has 4 heteroatoms. The van der Waals surface area contributed by atoms with Gasteiger partial charge in [0, 0.05) is 0 Å². The summed E-state index contributed by atoms with van der Waals surface area (Å²) >= 11 is 0. The van der Waals surface area contributed by atoms with E-state index >= 15 is 0 Å². The molecule has 4 aliphatic rings. The highest BCUT2D eigenvalue weighted by Gasteiger charge is 2.75. The van der Waals surface area contributed by atoms with Crippen molar-refractivity contribution in [1.82, 2.24) is 0 Å². The molecule has 0 unspecified atom stereocenters. The van der Waals surface area contributed by atoms with Crippen LogP contribution in [0.15, 0.2) is 0 Å². The average Bonchev–Trinajstić information content (AvgIpc) is 2.20. The van der Waals surface area contributed by atoms with Gasteiger partial charge in [-0.3, -0.25) is 0 Å². The largest absolute Gasteiger partial charge is 0.391 e. The number of nitrogens with one attached hydrogen (secondary N) is 1. The fourth-order valence-corrected chi connectivity index (χ4v) is 5.09. The van der Waals surface area contributed by atoms with E-state index in [1.54, 1.807) is 0 Å². The Kier molecular flexibility index (Phi) is 1.81. The minimum Gasteiger partial charge on any atom is -0.391 e. The molecule has 0 aromatic rings. The molecule has 4 bridgehead atoms. The molecule has 0 amide bonds. The standard InChI is InChI=1S/C12H21NO3/c1-10-4-13-5-11(2,7(10)14)9(16)12(3,6-13)8(10)15/h7-9,14-16H,4-6H2,1-3H3/p+1. The molecular formula is C12H22NO3+. The van der Waals surface area contributed by atoms with Gasteiger partial charge >= 0.3 is 0 Å². The fourth-order valence-electron chi connectivity index (χ4n) is 5.09. The summed E-state index contributed by atoms with van der Waals surface area (Å²) in [5, 5.41) is 31.4. The molecule has 0 radical (unpaired) electrons. The normalized spacial score (nSPS) is 68.6. The fraction of sp³-hybridized carbons (Fsp3) is 1.00. The maximum atomic E-state index is 10.5. The van der Waals surface area contributed by atoms with Crippen LogP contribution in [0.3, 0.4) is 0 Å². The van der Waals surface area contributed by atoms with Crippen molar-refractivity contribution in [3.63, 3.8) is 0 Å². The van der Waals surface area contributed by atoms with Crippen LogP contribution in [0.2, 0.25) is 0 Å². The maximum Gasteiger partial charge on any atom is 0.0876 e. The van der Waals surface area contributed by atoms with Crippen molar-refractivity contribution in [1.29, 1.82) is 0 Å². The first-order valence-corrected chi connectivity index (χ1v) is 6.13. The van der Waals surface area contributed by atoms with Crippen molar-refractivity contribution in [2.24, 2.45) is 16.2 Å². The van der Waals surface area contributed by atoms with Crippen LogP contribution >= 0.6 is 0 Å². The first-order chi connectivity index (χ1) is 7.25. The van der Waals surface area contributed by atoms with Crippen LogP contribution in [-0.2, 0) is 0 Å². The number of aliphatic hydroxyl groups excluding tert-OH is 3. The third-order valence-corrected chi connectivity index (χ3v) is 5.64. The Morgan fingerprint density at radius 1 is 0.750 bits per heavy atom. The molecule has 16 heavy (non-hydrogen) atoms. The lowest BCUT2D eigenvalue weighted by Gasteiger charge is -2.69. The van der Waals surface area contributed by atoms with E-state index in [9.17, 15) is 15.3 Å². The Labute approximate surface area is 95.9 Å². The van der Waals surface area contributed by atoms with Crippen molar-refractivity contribution in [3.05, 3.63) is 0 Å². The summed E-state index contributed by atoms with van der Waals surface area (Å²) in [7, 11) is 0. The molecule has 1 saturated carbocycles. The van der Waals surface area contributed by atoms with Gasteiger partial charge in [0.1, 0.15) is 0 Å². The Morgan fingerprint density at radius 2 is 1.00 bits per heavy atom. The summed E-state index contributed by atoms with van der Waals surface area (Å²) in [6, 6.07) is 0. The van der Waals surface area contributed by atoms with Crippen molar-refractivity contribution >= 4 is 0 Å². The van der Waals surface area contributed by atoms with E-state index in [4.69, 9.17) is 0 Å². The zero-order valence-corrected chi connectivity index (χ0v) is 10.2. The van der Waals surface area contributed by atoms with Gasteiger partial charge in [0.05, 0.1) is 54.2 Å². The van der Waals surface area contributed by atoms with E-state index in [0.29, 0.717) is 0 Å². The van der Waals surface area contributed by atoms with Gasteiger partial charge < -0.3 is 20.2 Å². The van der Waals surface area contributed by atoms with Crippen LogP contribution in [0.1, 0.15) is 20.8 Å². The Hall–Kier alpha value is -0.160. The van der Waals surface area contributed by atoms with Gasteiger partial charge in [-0.1, -0.05) is 0 Å². The van der Waals surface area contributed by atoms with Gasteiger partial charge in [-0.05, 0) is 20.8 Å². The molecule has 0 aromatic heterocycles. The summed E-state index contributed by atoms with van der Waals surface area (Å²) < 4.78 is 0. The van der Waals surface area contributed by atoms with Gasteiger partial charge in [0.2, 0.25) is 0 Å². The van der Waals surface area contributed by atoms with E-state index < -0.39 is 34.6 Å². The number of aliphatic hydroxyl groups is 3. The average molecular weight is 228 g/mol. The highest BCUT2D eigenvalue weighted by atomic mass is 16.3. The van der Waals surface area contributed by atoms with E-state index in [1.165, 1.54) is 4.90 Å². The molecule has 3 aliphatic heterocycles. The van der Waals surface area contributed by atoms with Gasteiger partial charge in [-0.2, -0.15) is 0 Å². The molecule has 0 spiro atoms. The number of quaternary nitrogens is 1. The number of hydrogen-bond acceptors (Lipinski definition) is 3. The second-order valence-electron chi connectivity index (χ2n) is 7.01. The second-order valence-corrected chi connectivity index (χ2v) is 7.01. The number of piperidine rings is 3. The lowest BCUT2D eigenvalue weighted by molar-refractivity contribution is -0.951.